The van der Waals surface area contributed by atoms with E-state index in [-0.39, 0.29) is 5.82 Å². The van der Waals surface area contributed by atoms with Crippen LogP contribution in [0.15, 0.2) is 22.8 Å². The van der Waals surface area contributed by atoms with Gasteiger partial charge in [-0.15, -0.1) is 0 Å². The Labute approximate surface area is 87.9 Å². The summed E-state index contributed by atoms with van der Waals surface area (Å²) in [5.41, 5.74) is 0. The predicted molar refractivity (Wildman–Crippen MR) is 51.3 cm³/mol. The van der Waals surface area contributed by atoms with Crippen molar-refractivity contribution in [2.45, 2.75) is 6.18 Å². The topological polar surface area (TPSA) is 16.1 Å². The van der Waals surface area contributed by atoms with Crippen LogP contribution in [0, 0.1) is 0 Å². The summed E-state index contributed by atoms with van der Waals surface area (Å²) in [5, 5.41) is 0. The highest BCUT2D eigenvalue weighted by Crippen LogP contribution is 2.20. The average Bonchev–Trinajstić information content (AvgIpc) is 2.01. The zero-order valence-corrected chi connectivity index (χ0v) is 8.93. The van der Waals surface area contributed by atoms with E-state index >= 15 is 0 Å². The van der Waals surface area contributed by atoms with Crippen LogP contribution in [0.3, 0.4) is 0 Å². The molecule has 78 valence electrons. The molecule has 0 spiro atoms. The van der Waals surface area contributed by atoms with Crippen LogP contribution in [0.2, 0.25) is 0 Å². The Morgan fingerprint density at radius 1 is 1.43 bits per heavy atom. The van der Waals surface area contributed by atoms with E-state index < -0.39 is 12.7 Å². The molecule has 0 aliphatic rings. The molecule has 0 bridgehead atoms. The zero-order chi connectivity index (χ0) is 10.8. The summed E-state index contributed by atoms with van der Waals surface area (Å²) < 4.78 is 36.6. The Hall–Kier alpha value is -0.780. The molecule has 1 aromatic rings. The minimum Gasteiger partial charge on any atom is -0.351 e. The second-order valence-corrected chi connectivity index (χ2v) is 3.60. The highest BCUT2D eigenvalue weighted by molar-refractivity contribution is 9.10. The van der Waals surface area contributed by atoms with Gasteiger partial charge in [-0.2, -0.15) is 13.2 Å². The third-order valence-corrected chi connectivity index (χ3v) is 1.95. The van der Waals surface area contributed by atoms with Gasteiger partial charge < -0.3 is 4.90 Å². The van der Waals surface area contributed by atoms with Crippen molar-refractivity contribution in [3.63, 3.8) is 0 Å². The monoisotopic (exact) mass is 268 g/mol. The summed E-state index contributed by atoms with van der Waals surface area (Å²) in [5.74, 6) is 0.289. The molecule has 6 heteroatoms. The van der Waals surface area contributed by atoms with Crippen molar-refractivity contribution in [1.29, 1.82) is 0 Å². The molecule has 0 fully saturated rings. The van der Waals surface area contributed by atoms with Crippen LogP contribution in [0.1, 0.15) is 0 Å². The maximum absolute atomic E-state index is 12.0. The highest BCUT2D eigenvalue weighted by Gasteiger charge is 2.29. The summed E-state index contributed by atoms with van der Waals surface area (Å²) >= 11 is 3.09. The first-order valence-electron chi connectivity index (χ1n) is 3.79. The normalized spacial score (nSPS) is 11.5. The minimum absolute atomic E-state index is 0.289. The first-order valence-corrected chi connectivity index (χ1v) is 4.58. The van der Waals surface area contributed by atoms with E-state index in [1.54, 1.807) is 12.1 Å². The maximum Gasteiger partial charge on any atom is 0.405 e. The quantitative estimate of drug-likeness (QED) is 0.767. The molecule has 14 heavy (non-hydrogen) atoms. The van der Waals surface area contributed by atoms with Gasteiger partial charge in [-0.25, -0.2) is 4.98 Å². The van der Waals surface area contributed by atoms with Crippen LogP contribution >= 0.6 is 15.9 Å². The molecule has 0 aromatic carbocycles. The van der Waals surface area contributed by atoms with Crippen LogP contribution in [0.25, 0.3) is 0 Å². The number of anilines is 1. The third kappa shape index (κ3) is 3.53. The molecule has 0 unspecified atom stereocenters. The Morgan fingerprint density at radius 3 is 2.57 bits per heavy atom. The van der Waals surface area contributed by atoms with Crippen molar-refractivity contribution < 1.29 is 13.2 Å². The number of hydrogen-bond acceptors (Lipinski definition) is 2. The van der Waals surface area contributed by atoms with Gasteiger partial charge in [0.15, 0.2) is 0 Å². The van der Waals surface area contributed by atoms with E-state index in [1.165, 1.54) is 13.1 Å². The first-order chi connectivity index (χ1) is 6.38. The van der Waals surface area contributed by atoms with Gasteiger partial charge in [0.2, 0.25) is 0 Å². The average molecular weight is 269 g/mol. The van der Waals surface area contributed by atoms with E-state index in [1.807, 2.05) is 0 Å². The molecule has 0 aliphatic carbocycles. The van der Waals surface area contributed by atoms with E-state index in [2.05, 4.69) is 20.9 Å². The minimum atomic E-state index is -4.21. The lowest BCUT2D eigenvalue weighted by molar-refractivity contribution is -0.119. The molecular formula is C8H8BrF3N2. The SMILES string of the molecule is CN(CC(F)(F)F)c1cccc(Br)n1. The van der Waals surface area contributed by atoms with Crippen molar-refractivity contribution >= 4 is 21.7 Å². The Kier molecular flexibility index (Phi) is 3.36. The number of aromatic nitrogens is 1. The molecule has 1 aromatic heterocycles. The number of alkyl halides is 3. The molecule has 0 amide bonds. The van der Waals surface area contributed by atoms with E-state index in [0.29, 0.717) is 4.60 Å². The fourth-order valence-corrected chi connectivity index (χ4v) is 1.29. The second kappa shape index (κ2) is 4.16. The maximum atomic E-state index is 12.0. The Morgan fingerprint density at radius 2 is 2.07 bits per heavy atom. The van der Waals surface area contributed by atoms with Gasteiger partial charge in [0.1, 0.15) is 17.0 Å². The largest absolute Gasteiger partial charge is 0.405 e. The van der Waals surface area contributed by atoms with Gasteiger partial charge in [0.05, 0.1) is 0 Å². The summed E-state index contributed by atoms with van der Waals surface area (Å²) in [6, 6.07) is 4.82. The van der Waals surface area contributed by atoms with Crippen LogP contribution < -0.4 is 4.90 Å². The van der Waals surface area contributed by atoms with Crippen LogP contribution in [0.5, 0.6) is 0 Å². The second-order valence-electron chi connectivity index (χ2n) is 2.79. The molecule has 2 nitrogen and oxygen atoms in total. The van der Waals surface area contributed by atoms with E-state index in [9.17, 15) is 13.2 Å². The number of hydrogen-bond donors (Lipinski definition) is 0. The molecule has 0 saturated heterocycles. The van der Waals surface area contributed by atoms with Gasteiger partial charge in [0.25, 0.3) is 0 Å². The van der Waals surface area contributed by atoms with Gasteiger partial charge in [-0.3, -0.25) is 0 Å². The molecule has 0 radical (unpaired) electrons. The van der Waals surface area contributed by atoms with Crippen LogP contribution in [0.4, 0.5) is 19.0 Å². The fourth-order valence-electron chi connectivity index (χ4n) is 0.960. The fraction of sp³-hybridized carbons (Fsp3) is 0.375. The lowest BCUT2D eigenvalue weighted by Crippen LogP contribution is -2.31. The van der Waals surface area contributed by atoms with Crippen LogP contribution in [-0.2, 0) is 0 Å². The van der Waals surface area contributed by atoms with Crippen molar-refractivity contribution in [2.75, 3.05) is 18.5 Å². The van der Waals surface area contributed by atoms with E-state index in [4.69, 9.17) is 0 Å². The molecule has 0 saturated carbocycles. The lowest BCUT2D eigenvalue weighted by Gasteiger charge is -2.19. The number of rotatable bonds is 2. The third-order valence-electron chi connectivity index (χ3n) is 1.51. The molecule has 0 N–H and O–H groups in total. The zero-order valence-electron chi connectivity index (χ0n) is 7.35. The smallest absolute Gasteiger partial charge is 0.351 e. The molecular weight excluding hydrogens is 261 g/mol. The predicted octanol–water partition coefficient (Wildman–Crippen LogP) is 2.84. The number of halogens is 4. The van der Waals surface area contributed by atoms with Crippen molar-refractivity contribution in [3.8, 4) is 0 Å². The Bertz CT molecular complexity index is 314. The number of nitrogens with zero attached hydrogens (tertiary/aromatic N) is 2. The van der Waals surface area contributed by atoms with E-state index in [0.717, 1.165) is 4.90 Å². The molecule has 0 atom stereocenters. The van der Waals surface area contributed by atoms with Crippen molar-refractivity contribution in [3.05, 3.63) is 22.8 Å². The Balaban J connectivity index is 2.74. The van der Waals surface area contributed by atoms with Crippen molar-refractivity contribution in [2.24, 2.45) is 0 Å². The molecule has 1 rings (SSSR count). The number of pyridine rings is 1. The first kappa shape index (κ1) is 11.3. The summed E-state index contributed by atoms with van der Waals surface area (Å²) in [6.45, 7) is -1.00. The van der Waals surface area contributed by atoms with Gasteiger partial charge >= 0.3 is 6.18 Å². The standard InChI is InChI=1S/C8H8BrF3N2/c1-14(5-8(10,11)12)7-4-2-3-6(9)13-7/h2-4H,5H2,1H3. The van der Waals surface area contributed by atoms with Gasteiger partial charge in [-0.1, -0.05) is 6.07 Å². The van der Waals surface area contributed by atoms with Crippen LogP contribution in [-0.4, -0.2) is 24.8 Å². The summed E-state index contributed by atoms with van der Waals surface area (Å²) in [7, 11) is 1.35. The lowest BCUT2D eigenvalue weighted by atomic mass is 10.4. The summed E-state index contributed by atoms with van der Waals surface area (Å²) in [6.07, 6.45) is -4.21. The molecule has 0 aliphatic heterocycles. The van der Waals surface area contributed by atoms with Crippen molar-refractivity contribution in [1.82, 2.24) is 4.98 Å². The summed E-state index contributed by atoms with van der Waals surface area (Å²) in [4.78, 5) is 4.95. The molecule has 1 heterocycles. The highest BCUT2D eigenvalue weighted by atomic mass is 79.9. The van der Waals surface area contributed by atoms with Gasteiger partial charge in [0, 0.05) is 7.05 Å². The van der Waals surface area contributed by atoms with Gasteiger partial charge in [-0.05, 0) is 28.1 Å².